The Kier molecular flexibility index (Phi) is 3.48. The molecule has 3 N–H and O–H groups in total. The minimum absolute atomic E-state index is 0.0884. The molecule has 0 amide bonds. The summed E-state index contributed by atoms with van der Waals surface area (Å²) in [6.07, 6.45) is 0. The van der Waals surface area contributed by atoms with E-state index in [2.05, 4.69) is 10.4 Å². The molecule has 0 unspecified atom stereocenters. The van der Waals surface area contributed by atoms with Crippen LogP contribution in [-0.4, -0.2) is 14.3 Å². The number of para-hydroxylation sites is 1. The van der Waals surface area contributed by atoms with Crippen molar-refractivity contribution in [1.29, 1.82) is 0 Å². The van der Waals surface area contributed by atoms with Crippen LogP contribution in [0.25, 0.3) is 0 Å². The number of hydrogen-bond acceptors (Lipinski definition) is 5. The largest absolute Gasteiger partial charge is 0.346 e. The Hall–Kier alpha value is -2.41. The fraction of sp³-hybridized carbons (Fsp3) is 0.250. The summed E-state index contributed by atoms with van der Waals surface area (Å²) in [5.41, 5.74) is 6.24. The standard InChI is InChI=1S/C12H15N5O2/c1-16-11(18)10(15-17(2)12(16)19)14-9-6-4-3-5-8(9)7-13/h3-6H,7,13H2,1-2H3,(H,14,15). The molecule has 1 heterocycles. The molecule has 0 fully saturated rings. The van der Waals surface area contributed by atoms with Gasteiger partial charge in [-0.25, -0.2) is 9.48 Å². The van der Waals surface area contributed by atoms with Crippen LogP contribution < -0.4 is 22.3 Å². The van der Waals surface area contributed by atoms with E-state index in [0.717, 1.165) is 14.8 Å². The fourth-order valence-electron chi connectivity index (χ4n) is 1.72. The highest BCUT2D eigenvalue weighted by atomic mass is 16.2. The van der Waals surface area contributed by atoms with Crippen LogP contribution in [0.2, 0.25) is 0 Å². The summed E-state index contributed by atoms with van der Waals surface area (Å²) in [4.78, 5) is 23.5. The van der Waals surface area contributed by atoms with Gasteiger partial charge in [-0.1, -0.05) is 18.2 Å². The fourth-order valence-corrected chi connectivity index (χ4v) is 1.72. The van der Waals surface area contributed by atoms with Crippen LogP contribution in [0.15, 0.2) is 33.9 Å². The molecular weight excluding hydrogens is 246 g/mol. The molecule has 0 radical (unpaired) electrons. The lowest BCUT2D eigenvalue weighted by Gasteiger charge is -2.10. The zero-order valence-corrected chi connectivity index (χ0v) is 10.8. The maximum atomic E-state index is 11.9. The van der Waals surface area contributed by atoms with E-state index in [1.165, 1.54) is 14.1 Å². The molecule has 1 aromatic heterocycles. The molecule has 0 aliphatic carbocycles. The number of aromatic nitrogens is 3. The van der Waals surface area contributed by atoms with Gasteiger partial charge in [0.2, 0.25) is 5.82 Å². The van der Waals surface area contributed by atoms with Crippen LogP contribution in [0.5, 0.6) is 0 Å². The summed E-state index contributed by atoms with van der Waals surface area (Å²) < 4.78 is 2.11. The molecule has 0 saturated carbocycles. The quantitative estimate of drug-likeness (QED) is 0.789. The van der Waals surface area contributed by atoms with Crippen LogP contribution in [0.4, 0.5) is 11.5 Å². The van der Waals surface area contributed by atoms with E-state index in [0.29, 0.717) is 12.2 Å². The molecule has 0 saturated heterocycles. The predicted molar refractivity (Wildman–Crippen MR) is 72.3 cm³/mol. The Morgan fingerprint density at radius 2 is 1.95 bits per heavy atom. The summed E-state index contributed by atoms with van der Waals surface area (Å²) in [5.74, 6) is 0.0884. The lowest BCUT2D eigenvalue weighted by molar-refractivity contribution is 0.606. The first-order valence-electron chi connectivity index (χ1n) is 5.74. The van der Waals surface area contributed by atoms with Crippen molar-refractivity contribution in [2.45, 2.75) is 6.54 Å². The van der Waals surface area contributed by atoms with Gasteiger partial charge in [0, 0.05) is 26.3 Å². The molecule has 7 heteroatoms. The van der Waals surface area contributed by atoms with Crippen molar-refractivity contribution in [3.05, 3.63) is 50.7 Å². The minimum Gasteiger partial charge on any atom is -0.334 e. The molecule has 0 atom stereocenters. The molecule has 2 aromatic rings. The van der Waals surface area contributed by atoms with Crippen molar-refractivity contribution in [3.8, 4) is 0 Å². The number of rotatable bonds is 3. The molecule has 0 aliphatic heterocycles. The van der Waals surface area contributed by atoms with Crippen molar-refractivity contribution in [2.24, 2.45) is 19.8 Å². The number of hydrogen-bond donors (Lipinski definition) is 2. The topological polar surface area (TPSA) is 94.9 Å². The van der Waals surface area contributed by atoms with Gasteiger partial charge in [0.1, 0.15) is 0 Å². The zero-order chi connectivity index (χ0) is 14.0. The van der Waals surface area contributed by atoms with Gasteiger partial charge in [-0.05, 0) is 11.6 Å². The van der Waals surface area contributed by atoms with Crippen LogP contribution in [0, 0.1) is 0 Å². The Bertz CT molecular complexity index is 717. The van der Waals surface area contributed by atoms with E-state index in [9.17, 15) is 9.59 Å². The minimum atomic E-state index is -0.477. The molecule has 0 bridgehead atoms. The second-order valence-corrected chi connectivity index (χ2v) is 4.11. The first-order valence-corrected chi connectivity index (χ1v) is 5.74. The van der Waals surface area contributed by atoms with Gasteiger partial charge < -0.3 is 11.1 Å². The van der Waals surface area contributed by atoms with Crippen LogP contribution in [0.1, 0.15) is 5.56 Å². The summed E-state index contributed by atoms with van der Waals surface area (Å²) in [5, 5.41) is 6.84. The first-order chi connectivity index (χ1) is 9.04. The molecule has 19 heavy (non-hydrogen) atoms. The lowest BCUT2D eigenvalue weighted by Crippen LogP contribution is -2.39. The third-order valence-electron chi connectivity index (χ3n) is 2.81. The summed E-state index contributed by atoms with van der Waals surface area (Å²) in [7, 11) is 2.90. The highest BCUT2D eigenvalue weighted by Crippen LogP contribution is 2.16. The zero-order valence-electron chi connectivity index (χ0n) is 10.8. The van der Waals surface area contributed by atoms with E-state index in [4.69, 9.17) is 5.73 Å². The average molecular weight is 261 g/mol. The van der Waals surface area contributed by atoms with Crippen LogP contribution in [-0.2, 0) is 20.6 Å². The lowest BCUT2D eigenvalue weighted by atomic mass is 10.2. The predicted octanol–water partition coefficient (Wildman–Crippen LogP) is -0.319. The summed E-state index contributed by atoms with van der Waals surface area (Å²) >= 11 is 0. The normalized spacial score (nSPS) is 10.5. The molecule has 100 valence electrons. The van der Waals surface area contributed by atoms with Crippen molar-refractivity contribution < 1.29 is 0 Å². The van der Waals surface area contributed by atoms with Gasteiger partial charge in [0.25, 0.3) is 5.56 Å². The van der Waals surface area contributed by atoms with Crippen molar-refractivity contribution in [3.63, 3.8) is 0 Å². The highest BCUT2D eigenvalue weighted by Gasteiger charge is 2.10. The maximum Gasteiger partial charge on any atom is 0.346 e. The monoisotopic (exact) mass is 261 g/mol. The molecule has 0 aliphatic rings. The highest BCUT2D eigenvalue weighted by molar-refractivity contribution is 5.59. The SMILES string of the molecule is Cn1nc(Nc2ccccc2CN)c(=O)n(C)c1=O. The van der Waals surface area contributed by atoms with E-state index < -0.39 is 11.2 Å². The second kappa shape index (κ2) is 5.07. The maximum absolute atomic E-state index is 11.9. The molecule has 1 aromatic carbocycles. The first kappa shape index (κ1) is 13.0. The van der Waals surface area contributed by atoms with E-state index in [1.54, 1.807) is 6.07 Å². The van der Waals surface area contributed by atoms with Crippen LogP contribution >= 0.6 is 0 Å². The number of benzene rings is 1. The number of anilines is 2. The summed E-state index contributed by atoms with van der Waals surface area (Å²) in [6, 6.07) is 7.34. The number of nitrogens with zero attached hydrogens (tertiary/aromatic N) is 3. The van der Waals surface area contributed by atoms with E-state index in [-0.39, 0.29) is 5.82 Å². The summed E-state index contributed by atoms with van der Waals surface area (Å²) in [6.45, 7) is 0.343. The van der Waals surface area contributed by atoms with E-state index in [1.807, 2.05) is 18.2 Å². The van der Waals surface area contributed by atoms with Gasteiger partial charge in [0.05, 0.1) is 0 Å². The van der Waals surface area contributed by atoms with Gasteiger partial charge in [-0.15, -0.1) is 5.10 Å². The third-order valence-corrected chi connectivity index (χ3v) is 2.81. The molecule has 2 rings (SSSR count). The second-order valence-electron chi connectivity index (χ2n) is 4.11. The van der Waals surface area contributed by atoms with Crippen molar-refractivity contribution in [2.75, 3.05) is 5.32 Å². The van der Waals surface area contributed by atoms with Gasteiger partial charge in [-0.2, -0.15) is 0 Å². The molecule has 7 nitrogen and oxygen atoms in total. The smallest absolute Gasteiger partial charge is 0.334 e. The van der Waals surface area contributed by atoms with Gasteiger partial charge in [-0.3, -0.25) is 9.36 Å². The Morgan fingerprint density at radius 3 is 2.63 bits per heavy atom. The van der Waals surface area contributed by atoms with Gasteiger partial charge >= 0.3 is 5.69 Å². The Labute approximate surface area is 109 Å². The van der Waals surface area contributed by atoms with Crippen molar-refractivity contribution >= 4 is 11.5 Å². The van der Waals surface area contributed by atoms with Crippen LogP contribution in [0.3, 0.4) is 0 Å². The number of nitrogens with one attached hydrogen (secondary N) is 1. The van der Waals surface area contributed by atoms with E-state index >= 15 is 0 Å². The van der Waals surface area contributed by atoms with Crippen molar-refractivity contribution in [1.82, 2.24) is 14.3 Å². The third kappa shape index (κ3) is 2.41. The number of aryl methyl sites for hydroxylation is 1. The molecular formula is C12H15N5O2. The average Bonchev–Trinajstić information content (AvgIpc) is 2.43. The van der Waals surface area contributed by atoms with Gasteiger partial charge in [0.15, 0.2) is 0 Å². The number of nitrogens with two attached hydrogens (primary N) is 1. The Morgan fingerprint density at radius 1 is 1.26 bits per heavy atom. The molecule has 0 spiro atoms. The Balaban J connectivity index is 2.50.